The van der Waals surface area contributed by atoms with Crippen LogP contribution >= 0.6 is 0 Å². The van der Waals surface area contributed by atoms with E-state index in [0.717, 1.165) is 10.5 Å². The lowest BCUT2D eigenvalue weighted by atomic mass is 9.91. The first kappa shape index (κ1) is 22.9. The van der Waals surface area contributed by atoms with E-state index in [-0.39, 0.29) is 25.4 Å². The van der Waals surface area contributed by atoms with Crippen LogP contribution in [0.1, 0.15) is 23.6 Å². The monoisotopic (exact) mass is 440 g/mol. The Labute approximate surface area is 185 Å². The van der Waals surface area contributed by atoms with Gasteiger partial charge in [0.25, 0.3) is 5.91 Å². The molecule has 0 bridgehead atoms. The van der Waals surface area contributed by atoms with Crippen molar-refractivity contribution in [2.24, 2.45) is 0 Å². The molecule has 1 fully saturated rings. The van der Waals surface area contributed by atoms with E-state index in [1.54, 1.807) is 25.1 Å². The maximum atomic E-state index is 13.2. The summed E-state index contributed by atoms with van der Waals surface area (Å²) in [6, 6.07) is 12.3. The average Bonchev–Trinajstić information content (AvgIpc) is 2.95. The maximum Gasteiger partial charge on any atom is 0.325 e. The molecule has 0 saturated carbocycles. The molecule has 2 aromatic carbocycles. The zero-order valence-corrected chi connectivity index (χ0v) is 17.9. The van der Waals surface area contributed by atoms with Crippen molar-refractivity contribution in [1.29, 1.82) is 0 Å². The Hall–Kier alpha value is -3.75. The Morgan fingerprint density at radius 2 is 1.69 bits per heavy atom. The molecule has 168 valence electrons. The van der Waals surface area contributed by atoms with E-state index >= 15 is 0 Å². The van der Waals surface area contributed by atoms with Crippen molar-refractivity contribution in [2.75, 3.05) is 19.6 Å². The van der Waals surface area contributed by atoms with Gasteiger partial charge in [0.05, 0.1) is 6.42 Å². The molecular weight excluding hydrogens is 415 g/mol. The molecule has 5 amide bonds. The minimum Gasteiger partial charge on any atom is -0.354 e. The van der Waals surface area contributed by atoms with Gasteiger partial charge in [0.2, 0.25) is 11.8 Å². The second kappa shape index (κ2) is 9.59. The second-order valence-corrected chi connectivity index (χ2v) is 7.82. The zero-order chi connectivity index (χ0) is 23.3. The number of nitrogens with one attached hydrogen (secondary N) is 3. The highest BCUT2D eigenvalue weighted by Gasteiger charge is 2.49. The van der Waals surface area contributed by atoms with Gasteiger partial charge in [0.15, 0.2) is 0 Å². The second-order valence-electron chi connectivity index (χ2n) is 7.82. The number of urea groups is 1. The fourth-order valence-electron chi connectivity index (χ4n) is 3.42. The number of imide groups is 1. The maximum absolute atomic E-state index is 13.2. The summed E-state index contributed by atoms with van der Waals surface area (Å²) in [5, 5.41) is 7.84. The smallest absolute Gasteiger partial charge is 0.325 e. The normalized spacial score (nSPS) is 17.8. The molecule has 8 nitrogen and oxygen atoms in total. The number of nitrogens with zero attached hydrogens (tertiary/aromatic N) is 1. The molecule has 3 rings (SSSR count). The Balaban J connectivity index is 1.45. The highest BCUT2D eigenvalue weighted by Crippen LogP contribution is 2.28. The third kappa shape index (κ3) is 5.29. The quantitative estimate of drug-likeness (QED) is 0.426. The molecule has 1 atom stereocenters. The van der Waals surface area contributed by atoms with E-state index in [1.165, 1.54) is 18.2 Å². The molecule has 1 aliphatic rings. The van der Waals surface area contributed by atoms with Crippen LogP contribution in [0.5, 0.6) is 0 Å². The SMILES string of the molecule is Cc1ccc(C2(C)NC(=O)N(CC(=O)NCCNC(=O)Cc3cccc(F)c3)C2=O)cc1. The van der Waals surface area contributed by atoms with E-state index in [1.807, 2.05) is 19.1 Å². The lowest BCUT2D eigenvalue weighted by Crippen LogP contribution is -2.44. The number of amides is 5. The van der Waals surface area contributed by atoms with Gasteiger partial charge in [-0.1, -0.05) is 42.0 Å². The number of hydrogen-bond acceptors (Lipinski definition) is 4. The minimum atomic E-state index is -1.24. The molecule has 3 N–H and O–H groups in total. The molecule has 9 heteroatoms. The summed E-state index contributed by atoms with van der Waals surface area (Å²) in [4.78, 5) is 50.2. The number of aryl methyl sites for hydroxylation is 1. The largest absolute Gasteiger partial charge is 0.354 e. The minimum absolute atomic E-state index is 0.0196. The van der Waals surface area contributed by atoms with Crippen LogP contribution in [0, 0.1) is 12.7 Å². The predicted octanol–water partition coefficient (Wildman–Crippen LogP) is 1.38. The van der Waals surface area contributed by atoms with Gasteiger partial charge in [-0.2, -0.15) is 0 Å². The summed E-state index contributed by atoms with van der Waals surface area (Å²) in [6.45, 7) is 3.36. The van der Waals surface area contributed by atoms with Crippen LogP contribution in [0.2, 0.25) is 0 Å². The molecule has 2 aromatic rings. The summed E-state index contributed by atoms with van der Waals surface area (Å²) in [5.41, 5.74) is 0.955. The van der Waals surface area contributed by atoms with Crippen molar-refractivity contribution >= 4 is 23.8 Å². The molecule has 0 aromatic heterocycles. The third-order valence-corrected chi connectivity index (χ3v) is 5.23. The van der Waals surface area contributed by atoms with Crippen LogP contribution in [-0.2, 0) is 26.3 Å². The number of halogens is 1. The van der Waals surface area contributed by atoms with Gasteiger partial charge in [0.1, 0.15) is 17.9 Å². The molecule has 32 heavy (non-hydrogen) atoms. The number of rotatable bonds is 8. The molecule has 1 saturated heterocycles. The van der Waals surface area contributed by atoms with Crippen molar-refractivity contribution in [3.05, 3.63) is 71.0 Å². The number of hydrogen-bond donors (Lipinski definition) is 3. The summed E-state index contributed by atoms with van der Waals surface area (Å²) in [6.07, 6.45) is 0.0196. The molecule has 1 aliphatic heterocycles. The van der Waals surface area contributed by atoms with Gasteiger partial charge >= 0.3 is 6.03 Å². The van der Waals surface area contributed by atoms with Gasteiger partial charge in [0, 0.05) is 13.1 Å². The molecular formula is C23H25FN4O4. The molecule has 0 radical (unpaired) electrons. The van der Waals surface area contributed by atoms with Crippen LogP contribution in [0.25, 0.3) is 0 Å². The first-order valence-corrected chi connectivity index (χ1v) is 10.2. The number of carbonyl (C=O) groups is 4. The third-order valence-electron chi connectivity index (χ3n) is 5.23. The van der Waals surface area contributed by atoms with Crippen LogP contribution in [0.3, 0.4) is 0 Å². The fourth-order valence-corrected chi connectivity index (χ4v) is 3.42. The van der Waals surface area contributed by atoms with Crippen LogP contribution in [0.4, 0.5) is 9.18 Å². The van der Waals surface area contributed by atoms with Gasteiger partial charge in [-0.15, -0.1) is 0 Å². The summed E-state index contributed by atoms with van der Waals surface area (Å²) < 4.78 is 13.2. The van der Waals surface area contributed by atoms with Crippen molar-refractivity contribution in [3.63, 3.8) is 0 Å². The molecule has 1 unspecified atom stereocenters. The van der Waals surface area contributed by atoms with E-state index < -0.39 is 35.7 Å². The summed E-state index contributed by atoms with van der Waals surface area (Å²) in [5.74, 6) is -1.76. The average molecular weight is 440 g/mol. The van der Waals surface area contributed by atoms with E-state index in [2.05, 4.69) is 16.0 Å². The Bertz CT molecular complexity index is 1040. The number of benzene rings is 2. The highest BCUT2D eigenvalue weighted by atomic mass is 19.1. The van der Waals surface area contributed by atoms with Crippen molar-refractivity contribution in [2.45, 2.75) is 25.8 Å². The van der Waals surface area contributed by atoms with E-state index in [9.17, 15) is 23.6 Å². The van der Waals surface area contributed by atoms with Gasteiger partial charge in [-0.25, -0.2) is 9.18 Å². The van der Waals surface area contributed by atoms with Crippen molar-refractivity contribution < 1.29 is 23.6 Å². The standard InChI is InChI=1S/C23H25FN4O4/c1-15-6-8-17(9-7-15)23(2)21(31)28(22(32)27-23)14-20(30)26-11-10-25-19(29)13-16-4-3-5-18(24)12-16/h3-9,12H,10-11,13-14H2,1-2H3,(H,25,29)(H,26,30)(H,27,32). The Morgan fingerprint density at radius 1 is 1.03 bits per heavy atom. The Morgan fingerprint density at radius 3 is 2.34 bits per heavy atom. The predicted molar refractivity (Wildman–Crippen MR) is 115 cm³/mol. The highest BCUT2D eigenvalue weighted by molar-refractivity contribution is 6.09. The molecule has 0 aliphatic carbocycles. The number of carbonyl (C=O) groups excluding carboxylic acids is 4. The first-order chi connectivity index (χ1) is 15.2. The van der Waals surface area contributed by atoms with Crippen LogP contribution in [-0.4, -0.2) is 48.3 Å². The first-order valence-electron chi connectivity index (χ1n) is 10.2. The van der Waals surface area contributed by atoms with Gasteiger partial charge in [-0.3, -0.25) is 19.3 Å². The topological polar surface area (TPSA) is 108 Å². The van der Waals surface area contributed by atoms with E-state index in [4.69, 9.17) is 0 Å². The zero-order valence-electron chi connectivity index (χ0n) is 17.9. The van der Waals surface area contributed by atoms with Crippen LogP contribution < -0.4 is 16.0 Å². The van der Waals surface area contributed by atoms with Gasteiger partial charge in [-0.05, 0) is 37.1 Å². The van der Waals surface area contributed by atoms with Crippen LogP contribution in [0.15, 0.2) is 48.5 Å². The molecule has 0 spiro atoms. The van der Waals surface area contributed by atoms with Crippen molar-refractivity contribution in [3.8, 4) is 0 Å². The van der Waals surface area contributed by atoms with E-state index in [0.29, 0.717) is 11.1 Å². The van der Waals surface area contributed by atoms with Gasteiger partial charge < -0.3 is 16.0 Å². The lowest BCUT2D eigenvalue weighted by Gasteiger charge is -2.22. The molecule has 1 heterocycles. The van der Waals surface area contributed by atoms with Crippen molar-refractivity contribution in [1.82, 2.24) is 20.9 Å². The summed E-state index contributed by atoms with van der Waals surface area (Å²) >= 11 is 0. The summed E-state index contributed by atoms with van der Waals surface area (Å²) in [7, 11) is 0. The Kier molecular flexibility index (Phi) is 6.87. The fraction of sp³-hybridized carbons (Fsp3) is 0.304. The lowest BCUT2D eigenvalue weighted by molar-refractivity contribution is -0.134.